The summed E-state index contributed by atoms with van der Waals surface area (Å²) < 4.78 is 15.4. The molecule has 1 fully saturated rings. The Balaban J connectivity index is 1.48. The van der Waals surface area contributed by atoms with Crippen molar-refractivity contribution in [3.05, 3.63) is 12.2 Å². The Morgan fingerprint density at radius 2 is 2.56 bits per heavy atom. The second kappa shape index (κ2) is 7.42. The quantitative estimate of drug-likeness (QED) is 0.661. The first-order valence-electron chi connectivity index (χ1n) is 6.18. The van der Waals surface area contributed by atoms with Gasteiger partial charge < -0.3 is 24.4 Å². The van der Waals surface area contributed by atoms with Gasteiger partial charge in [-0.15, -0.1) is 0 Å². The minimum absolute atomic E-state index is 0.199. The minimum Gasteiger partial charge on any atom is -0.389 e. The van der Waals surface area contributed by atoms with Gasteiger partial charge in [0.15, 0.2) is 5.82 Å². The molecule has 0 bridgehead atoms. The number of hydrogen-bond donors (Lipinski definition) is 2. The first kappa shape index (κ1) is 13.4. The molecule has 2 heterocycles. The lowest BCUT2D eigenvalue weighted by molar-refractivity contribution is -0.0165. The SMILES string of the molecule is OC(CNCc1ncon1)COCC1CCCO1. The largest absolute Gasteiger partial charge is 0.389 e. The standard InChI is InChI=1S/C11H19N3O4/c15-9(4-12-5-11-13-8-18-14-11)6-16-7-10-2-1-3-17-10/h8-10,12,15H,1-7H2. The first-order chi connectivity index (χ1) is 8.84. The van der Waals surface area contributed by atoms with Gasteiger partial charge in [-0.25, -0.2) is 0 Å². The van der Waals surface area contributed by atoms with E-state index in [0.717, 1.165) is 19.4 Å². The molecule has 0 aromatic carbocycles. The van der Waals surface area contributed by atoms with E-state index in [4.69, 9.17) is 9.47 Å². The molecule has 1 aliphatic heterocycles. The van der Waals surface area contributed by atoms with Crippen LogP contribution in [0.2, 0.25) is 0 Å². The highest BCUT2D eigenvalue weighted by Crippen LogP contribution is 2.11. The molecule has 2 atom stereocenters. The molecule has 1 saturated heterocycles. The van der Waals surface area contributed by atoms with Crippen LogP contribution in [-0.4, -0.2) is 53.8 Å². The number of ether oxygens (including phenoxy) is 2. The second-order valence-corrected chi connectivity index (χ2v) is 4.30. The molecule has 0 amide bonds. The van der Waals surface area contributed by atoms with Gasteiger partial charge in [0.1, 0.15) is 0 Å². The van der Waals surface area contributed by atoms with Gasteiger partial charge in [-0.05, 0) is 12.8 Å². The highest BCUT2D eigenvalue weighted by Gasteiger charge is 2.16. The Morgan fingerprint density at radius 3 is 3.28 bits per heavy atom. The number of nitrogens with zero attached hydrogens (tertiary/aromatic N) is 2. The maximum absolute atomic E-state index is 9.66. The molecule has 0 spiro atoms. The molecule has 0 aliphatic carbocycles. The number of aliphatic hydroxyl groups excluding tert-OH is 1. The third kappa shape index (κ3) is 4.69. The lowest BCUT2D eigenvalue weighted by Crippen LogP contribution is -2.31. The Kier molecular flexibility index (Phi) is 5.53. The van der Waals surface area contributed by atoms with Crippen molar-refractivity contribution >= 4 is 0 Å². The lowest BCUT2D eigenvalue weighted by atomic mass is 10.2. The van der Waals surface area contributed by atoms with Crippen molar-refractivity contribution in [2.45, 2.75) is 31.6 Å². The zero-order valence-corrected chi connectivity index (χ0v) is 10.2. The Bertz CT molecular complexity index is 314. The van der Waals surface area contributed by atoms with Gasteiger partial charge in [0.05, 0.1) is 32.0 Å². The van der Waals surface area contributed by atoms with Gasteiger partial charge in [-0.3, -0.25) is 0 Å². The van der Waals surface area contributed by atoms with Crippen LogP contribution in [0.5, 0.6) is 0 Å². The minimum atomic E-state index is -0.543. The summed E-state index contributed by atoms with van der Waals surface area (Å²) >= 11 is 0. The van der Waals surface area contributed by atoms with Crippen LogP contribution in [0.3, 0.4) is 0 Å². The van der Waals surface area contributed by atoms with Gasteiger partial charge in [0.25, 0.3) is 0 Å². The predicted octanol–water partition coefficient (Wildman–Crippen LogP) is -0.284. The topological polar surface area (TPSA) is 89.6 Å². The summed E-state index contributed by atoms with van der Waals surface area (Å²) in [5.41, 5.74) is 0. The van der Waals surface area contributed by atoms with Gasteiger partial charge in [-0.2, -0.15) is 4.98 Å². The van der Waals surface area contributed by atoms with Crippen molar-refractivity contribution in [3.8, 4) is 0 Å². The number of nitrogens with one attached hydrogen (secondary N) is 1. The van der Waals surface area contributed by atoms with E-state index < -0.39 is 6.10 Å². The van der Waals surface area contributed by atoms with Crippen molar-refractivity contribution in [2.75, 3.05) is 26.4 Å². The number of rotatable bonds is 8. The molecule has 0 radical (unpaired) electrons. The highest BCUT2D eigenvalue weighted by molar-refractivity contribution is 4.76. The summed E-state index contributed by atoms with van der Waals surface area (Å²) in [6, 6.07) is 0. The van der Waals surface area contributed by atoms with Crippen LogP contribution in [0.1, 0.15) is 18.7 Å². The van der Waals surface area contributed by atoms with E-state index in [0.29, 0.717) is 32.1 Å². The number of hydrogen-bond acceptors (Lipinski definition) is 7. The maximum atomic E-state index is 9.66. The van der Waals surface area contributed by atoms with Crippen molar-refractivity contribution in [1.29, 1.82) is 0 Å². The zero-order chi connectivity index (χ0) is 12.6. The van der Waals surface area contributed by atoms with Gasteiger partial charge in [-0.1, -0.05) is 5.16 Å². The Labute approximate surface area is 105 Å². The molecule has 102 valence electrons. The molecule has 2 N–H and O–H groups in total. The summed E-state index contributed by atoms with van der Waals surface area (Å²) in [4.78, 5) is 3.86. The zero-order valence-electron chi connectivity index (χ0n) is 10.2. The van der Waals surface area contributed by atoms with E-state index in [1.165, 1.54) is 6.39 Å². The smallest absolute Gasteiger partial charge is 0.213 e. The molecular formula is C11H19N3O4. The third-order valence-corrected chi connectivity index (χ3v) is 2.71. The Hall–Kier alpha value is -1.02. The monoisotopic (exact) mass is 257 g/mol. The van der Waals surface area contributed by atoms with E-state index in [1.54, 1.807) is 0 Å². The summed E-state index contributed by atoms with van der Waals surface area (Å²) in [6.45, 7) is 2.59. The molecule has 2 rings (SSSR count). The van der Waals surface area contributed by atoms with E-state index in [1.807, 2.05) is 0 Å². The molecule has 2 unspecified atom stereocenters. The molecule has 7 heteroatoms. The normalized spacial score (nSPS) is 21.3. The molecular weight excluding hydrogens is 238 g/mol. The lowest BCUT2D eigenvalue weighted by Gasteiger charge is -2.14. The molecule has 0 saturated carbocycles. The summed E-state index contributed by atoms with van der Waals surface area (Å²) in [5, 5.41) is 16.3. The van der Waals surface area contributed by atoms with Crippen molar-refractivity contribution in [3.63, 3.8) is 0 Å². The predicted molar refractivity (Wildman–Crippen MR) is 61.8 cm³/mol. The van der Waals surface area contributed by atoms with E-state index in [2.05, 4.69) is 20.0 Å². The molecule has 7 nitrogen and oxygen atoms in total. The fourth-order valence-electron chi connectivity index (χ4n) is 1.79. The van der Waals surface area contributed by atoms with Crippen LogP contribution < -0.4 is 5.32 Å². The average Bonchev–Trinajstić information content (AvgIpc) is 3.01. The maximum Gasteiger partial charge on any atom is 0.213 e. The van der Waals surface area contributed by atoms with Crippen LogP contribution in [0.15, 0.2) is 10.9 Å². The summed E-state index contributed by atoms with van der Waals surface area (Å²) in [5.74, 6) is 0.572. The molecule has 1 aromatic rings. The third-order valence-electron chi connectivity index (χ3n) is 2.71. The molecule has 18 heavy (non-hydrogen) atoms. The van der Waals surface area contributed by atoms with Gasteiger partial charge in [0.2, 0.25) is 6.39 Å². The summed E-state index contributed by atoms with van der Waals surface area (Å²) in [6.07, 6.45) is 3.08. The van der Waals surface area contributed by atoms with Crippen LogP contribution in [-0.2, 0) is 16.0 Å². The van der Waals surface area contributed by atoms with Crippen LogP contribution in [0.25, 0.3) is 0 Å². The number of aromatic nitrogens is 2. The number of aliphatic hydroxyl groups is 1. The van der Waals surface area contributed by atoms with Crippen LogP contribution in [0, 0.1) is 0 Å². The summed E-state index contributed by atoms with van der Waals surface area (Å²) in [7, 11) is 0. The molecule has 1 aliphatic rings. The van der Waals surface area contributed by atoms with Crippen LogP contribution in [0.4, 0.5) is 0 Å². The highest BCUT2D eigenvalue weighted by atomic mass is 16.5. The second-order valence-electron chi connectivity index (χ2n) is 4.30. The Morgan fingerprint density at radius 1 is 1.61 bits per heavy atom. The van der Waals surface area contributed by atoms with Crippen molar-refractivity contribution < 1.29 is 19.1 Å². The average molecular weight is 257 g/mol. The molecule has 1 aromatic heterocycles. The van der Waals surface area contributed by atoms with Crippen molar-refractivity contribution in [1.82, 2.24) is 15.5 Å². The van der Waals surface area contributed by atoms with E-state index in [9.17, 15) is 5.11 Å². The van der Waals surface area contributed by atoms with Crippen molar-refractivity contribution in [2.24, 2.45) is 0 Å². The van der Waals surface area contributed by atoms with Crippen LogP contribution >= 0.6 is 0 Å². The van der Waals surface area contributed by atoms with E-state index in [-0.39, 0.29) is 6.10 Å². The first-order valence-corrected chi connectivity index (χ1v) is 6.18. The van der Waals surface area contributed by atoms with E-state index >= 15 is 0 Å². The fraction of sp³-hybridized carbons (Fsp3) is 0.818. The fourth-order valence-corrected chi connectivity index (χ4v) is 1.79. The van der Waals surface area contributed by atoms with Gasteiger partial charge >= 0.3 is 0 Å². The van der Waals surface area contributed by atoms with Gasteiger partial charge in [0, 0.05) is 13.2 Å².